The molecule has 0 bridgehead atoms. The zero-order valence-electron chi connectivity index (χ0n) is 9.75. The Morgan fingerprint density at radius 1 is 1.41 bits per heavy atom. The number of morpholine rings is 1. The van der Waals surface area contributed by atoms with E-state index in [0.717, 1.165) is 11.4 Å². The zero-order valence-corrected chi connectivity index (χ0v) is 9.75. The molecule has 1 aromatic rings. The molecule has 1 atom stereocenters. The number of carboxylic acid groups (broad SMARTS) is 1. The smallest absolute Gasteiger partial charge is 0.334 e. The number of hydrogen-bond donors (Lipinski definition) is 1. The standard InChI is InChI=1S/C10H14N4O3/c1-6-7(2)12-13-10(11-6)14-3-4-17-8(5-14)9(15)16/h8H,3-5H2,1-2H3,(H,15,16). The Hall–Kier alpha value is -1.76. The molecule has 92 valence electrons. The molecular formula is C10H14N4O3. The molecule has 1 unspecified atom stereocenters. The lowest BCUT2D eigenvalue weighted by Gasteiger charge is -2.30. The van der Waals surface area contributed by atoms with Crippen molar-refractivity contribution in [2.75, 3.05) is 24.6 Å². The van der Waals surface area contributed by atoms with Gasteiger partial charge in [0.25, 0.3) is 0 Å². The summed E-state index contributed by atoms with van der Waals surface area (Å²) < 4.78 is 5.13. The first-order valence-corrected chi connectivity index (χ1v) is 5.35. The quantitative estimate of drug-likeness (QED) is 0.761. The molecule has 1 aromatic heterocycles. The molecule has 1 fully saturated rings. The second-order valence-electron chi connectivity index (χ2n) is 3.93. The van der Waals surface area contributed by atoms with Crippen LogP contribution in [0.3, 0.4) is 0 Å². The van der Waals surface area contributed by atoms with Crippen molar-refractivity contribution in [1.29, 1.82) is 0 Å². The molecule has 0 aromatic carbocycles. The summed E-state index contributed by atoms with van der Waals surface area (Å²) in [4.78, 5) is 16.9. The van der Waals surface area contributed by atoms with Gasteiger partial charge in [-0.2, -0.15) is 5.10 Å². The zero-order chi connectivity index (χ0) is 12.4. The van der Waals surface area contributed by atoms with Crippen LogP contribution in [0.15, 0.2) is 0 Å². The van der Waals surface area contributed by atoms with Crippen LogP contribution in [0.2, 0.25) is 0 Å². The third-order valence-corrected chi connectivity index (χ3v) is 2.71. The van der Waals surface area contributed by atoms with Crippen molar-refractivity contribution in [2.24, 2.45) is 0 Å². The number of aromatic nitrogens is 3. The number of carboxylic acids is 1. The maximum absolute atomic E-state index is 10.8. The summed E-state index contributed by atoms with van der Waals surface area (Å²) in [5, 5.41) is 16.8. The van der Waals surface area contributed by atoms with Gasteiger partial charge >= 0.3 is 5.97 Å². The number of carbonyl (C=O) groups is 1. The molecule has 0 saturated carbocycles. The van der Waals surface area contributed by atoms with Gasteiger partial charge in [-0.3, -0.25) is 0 Å². The Balaban J connectivity index is 2.16. The predicted octanol–water partition coefficient (Wildman–Crippen LogP) is -0.222. The maximum atomic E-state index is 10.8. The number of ether oxygens (including phenoxy) is 1. The normalized spacial score (nSPS) is 20.4. The molecule has 1 aliphatic rings. The van der Waals surface area contributed by atoms with Crippen LogP contribution >= 0.6 is 0 Å². The summed E-state index contributed by atoms with van der Waals surface area (Å²) >= 11 is 0. The third kappa shape index (κ3) is 2.50. The molecular weight excluding hydrogens is 224 g/mol. The lowest BCUT2D eigenvalue weighted by Crippen LogP contribution is -2.46. The number of nitrogens with zero attached hydrogens (tertiary/aromatic N) is 4. The van der Waals surface area contributed by atoms with Crippen molar-refractivity contribution in [1.82, 2.24) is 15.2 Å². The number of aryl methyl sites for hydroxylation is 2. The van der Waals surface area contributed by atoms with Crippen molar-refractivity contribution >= 4 is 11.9 Å². The highest BCUT2D eigenvalue weighted by Crippen LogP contribution is 2.13. The maximum Gasteiger partial charge on any atom is 0.334 e. The van der Waals surface area contributed by atoms with E-state index in [-0.39, 0.29) is 6.54 Å². The van der Waals surface area contributed by atoms with E-state index in [4.69, 9.17) is 9.84 Å². The van der Waals surface area contributed by atoms with Gasteiger partial charge in [0.05, 0.1) is 24.5 Å². The van der Waals surface area contributed by atoms with Gasteiger partial charge < -0.3 is 14.7 Å². The fourth-order valence-corrected chi connectivity index (χ4v) is 1.56. The largest absolute Gasteiger partial charge is 0.479 e. The summed E-state index contributed by atoms with van der Waals surface area (Å²) in [7, 11) is 0. The molecule has 2 heterocycles. The molecule has 1 N–H and O–H groups in total. The summed E-state index contributed by atoms with van der Waals surface area (Å²) in [6.07, 6.45) is -0.825. The summed E-state index contributed by atoms with van der Waals surface area (Å²) in [5.74, 6) is -0.505. The third-order valence-electron chi connectivity index (χ3n) is 2.71. The second-order valence-corrected chi connectivity index (χ2v) is 3.93. The second kappa shape index (κ2) is 4.62. The van der Waals surface area contributed by atoms with Crippen LogP contribution in [0.4, 0.5) is 5.95 Å². The van der Waals surface area contributed by atoms with Crippen molar-refractivity contribution in [2.45, 2.75) is 20.0 Å². The predicted molar refractivity (Wildman–Crippen MR) is 58.9 cm³/mol. The van der Waals surface area contributed by atoms with Gasteiger partial charge in [-0.15, -0.1) is 5.10 Å². The highest BCUT2D eigenvalue weighted by atomic mass is 16.5. The fourth-order valence-electron chi connectivity index (χ4n) is 1.56. The van der Waals surface area contributed by atoms with Crippen LogP contribution in [0, 0.1) is 13.8 Å². The van der Waals surface area contributed by atoms with E-state index in [2.05, 4.69) is 15.2 Å². The highest BCUT2D eigenvalue weighted by Gasteiger charge is 2.27. The minimum absolute atomic E-state index is 0.250. The Bertz CT molecular complexity index is 438. The van der Waals surface area contributed by atoms with E-state index in [1.165, 1.54) is 0 Å². The van der Waals surface area contributed by atoms with Crippen LogP contribution in [0.1, 0.15) is 11.4 Å². The summed E-state index contributed by atoms with van der Waals surface area (Å²) in [5.41, 5.74) is 1.57. The number of aliphatic carboxylic acids is 1. The molecule has 1 aliphatic heterocycles. The fraction of sp³-hybridized carbons (Fsp3) is 0.600. The molecule has 7 heteroatoms. The highest BCUT2D eigenvalue weighted by molar-refractivity contribution is 5.73. The number of anilines is 1. The Morgan fingerprint density at radius 2 is 2.18 bits per heavy atom. The molecule has 17 heavy (non-hydrogen) atoms. The molecule has 1 saturated heterocycles. The average Bonchev–Trinajstić information content (AvgIpc) is 2.33. The molecule has 0 aliphatic carbocycles. The minimum atomic E-state index is -0.966. The molecule has 2 rings (SSSR count). The lowest BCUT2D eigenvalue weighted by atomic mass is 10.3. The van der Waals surface area contributed by atoms with Crippen molar-refractivity contribution < 1.29 is 14.6 Å². The van der Waals surface area contributed by atoms with E-state index >= 15 is 0 Å². The summed E-state index contributed by atoms with van der Waals surface area (Å²) in [6.45, 7) is 4.86. The van der Waals surface area contributed by atoms with Crippen LogP contribution in [0.5, 0.6) is 0 Å². The van der Waals surface area contributed by atoms with Crippen LogP contribution in [-0.4, -0.2) is 52.1 Å². The molecule has 0 spiro atoms. The number of hydrogen-bond acceptors (Lipinski definition) is 6. The van der Waals surface area contributed by atoms with Crippen molar-refractivity contribution in [3.8, 4) is 0 Å². The first-order valence-electron chi connectivity index (χ1n) is 5.35. The Labute approximate surface area is 98.4 Å². The number of rotatable bonds is 2. The monoisotopic (exact) mass is 238 g/mol. The van der Waals surface area contributed by atoms with E-state index in [0.29, 0.717) is 19.1 Å². The molecule has 0 amide bonds. The van der Waals surface area contributed by atoms with Crippen LogP contribution in [0.25, 0.3) is 0 Å². The van der Waals surface area contributed by atoms with Gasteiger partial charge in [-0.25, -0.2) is 9.78 Å². The first kappa shape index (κ1) is 11.7. The van der Waals surface area contributed by atoms with Gasteiger partial charge in [0.15, 0.2) is 6.10 Å². The SMILES string of the molecule is Cc1nnc(N2CCOC(C(=O)O)C2)nc1C. The van der Waals surface area contributed by atoms with E-state index < -0.39 is 12.1 Å². The molecule has 7 nitrogen and oxygen atoms in total. The van der Waals surface area contributed by atoms with Gasteiger partial charge in [0, 0.05) is 6.54 Å². The van der Waals surface area contributed by atoms with Gasteiger partial charge in [0.2, 0.25) is 5.95 Å². The van der Waals surface area contributed by atoms with E-state index in [1.807, 2.05) is 13.8 Å². The topological polar surface area (TPSA) is 88.4 Å². The average molecular weight is 238 g/mol. The minimum Gasteiger partial charge on any atom is -0.479 e. The summed E-state index contributed by atoms with van der Waals surface area (Å²) in [6, 6.07) is 0. The Morgan fingerprint density at radius 3 is 2.82 bits per heavy atom. The Kier molecular flexibility index (Phi) is 3.19. The van der Waals surface area contributed by atoms with Crippen molar-refractivity contribution in [3.63, 3.8) is 0 Å². The van der Waals surface area contributed by atoms with E-state index in [1.54, 1.807) is 4.90 Å². The lowest BCUT2D eigenvalue weighted by molar-refractivity contribution is -0.150. The van der Waals surface area contributed by atoms with Crippen LogP contribution < -0.4 is 4.90 Å². The van der Waals surface area contributed by atoms with Gasteiger partial charge in [0.1, 0.15) is 0 Å². The van der Waals surface area contributed by atoms with Gasteiger partial charge in [-0.05, 0) is 13.8 Å². The molecule has 0 radical (unpaired) electrons. The van der Waals surface area contributed by atoms with Crippen LogP contribution in [-0.2, 0) is 9.53 Å². The van der Waals surface area contributed by atoms with Crippen molar-refractivity contribution in [3.05, 3.63) is 11.4 Å². The van der Waals surface area contributed by atoms with E-state index in [9.17, 15) is 4.79 Å². The first-order chi connectivity index (χ1) is 8.08. The van der Waals surface area contributed by atoms with Gasteiger partial charge in [-0.1, -0.05) is 0 Å².